The fourth-order valence-electron chi connectivity index (χ4n) is 2.14. The molecule has 0 radical (unpaired) electrons. The van der Waals surface area contributed by atoms with Gasteiger partial charge in [-0.1, -0.05) is 6.92 Å². The summed E-state index contributed by atoms with van der Waals surface area (Å²) in [4.78, 5) is 0. The number of ether oxygens (including phenoxy) is 1. The van der Waals surface area contributed by atoms with Gasteiger partial charge in [0.15, 0.2) is 0 Å². The Labute approximate surface area is 70.1 Å². The highest BCUT2D eigenvalue weighted by molar-refractivity contribution is 5.20. The molecule has 70 valence electrons. The van der Waals surface area contributed by atoms with Gasteiger partial charge in [0.1, 0.15) is 0 Å². The van der Waals surface area contributed by atoms with Crippen LogP contribution in [0.15, 0.2) is 0 Å². The van der Waals surface area contributed by atoms with Crippen LogP contribution < -0.4 is 5.73 Å². The molecule has 2 aliphatic rings. The Kier molecular flexibility index (Phi) is 1.39. The first-order valence-corrected chi connectivity index (χ1v) is 4.13. The van der Waals surface area contributed by atoms with Gasteiger partial charge in [-0.25, -0.2) is 8.78 Å². The van der Waals surface area contributed by atoms with E-state index in [-0.39, 0.29) is 18.4 Å². The van der Waals surface area contributed by atoms with Gasteiger partial charge >= 0.3 is 0 Å². The molecule has 2 N–H and O–H groups in total. The highest BCUT2D eigenvalue weighted by atomic mass is 19.3. The van der Waals surface area contributed by atoms with Crippen LogP contribution in [0.25, 0.3) is 0 Å². The Morgan fingerprint density at radius 2 is 1.92 bits per heavy atom. The monoisotopic (exact) mass is 177 g/mol. The summed E-state index contributed by atoms with van der Waals surface area (Å²) in [7, 11) is 0. The van der Waals surface area contributed by atoms with E-state index >= 15 is 0 Å². The van der Waals surface area contributed by atoms with Crippen molar-refractivity contribution in [3.8, 4) is 0 Å². The van der Waals surface area contributed by atoms with E-state index in [1.165, 1.54) is 0 Å². The molecule has 1 atom stereocenters. The zero-order chi connectivity index (χ0) is 9.04. The molecule has 1 unspecified atom stereocenters. The van der Waals surface area contributed by atoms with Gasteiger partial charge in [-0.3, -0.25) is 0 Å². The van der Waals surface area contributed by atoms with Crippen molar-refractivity contribution in [2.75, 3.05) is 19.8 Å². The van der Waals surface area contributed by atoms with Crippen LogP contribution in [-0.2, 0) is 4.74 Å². The average Bonchev–Trinajstić information content (AvgIpc) is 2.50. The number of halogens is 2. The molecular formula is C8H13F2NO. The van der Waals surface area contributed by atoms with E-state index in [4.69, 9.17) is 10.5 Å². The van der Waals surface area contributed by atoms with Crippen LogP contribution in [0.2, 0.25) is 0 Å². The number of rotatable bonds is 2. The third kappa shape index (κ3) is 0.702. The van der Waals surface area contributed by atoms with Crippen molar-refractivity contribution in [1.82, 2.24) is 0 Å². The van der Waals surface area contributed by atoms with Crippen LogP contribution >= 0.6 is 0 Å². The smallest absolute Gasteiger partial charge is 0.256 e. The van der Waals surface area contributed by atoms with Gasteiger partial charge in [0, 0.05) is 18.4 Å². The van der Waals surface area contributed by atoms with Gasteiger partial charge < -0.3 is 10.5 Å². The normalized spacial score (nSPS) is 42.0. The number of hydrogen-bond donors (Lipinski definition) is 1. The average molecular weight is 177 g/mol. The summed E-state index contributed by atoms with van der Waals surface area (Å²) in [5, 5.41) is 0. The van der Waals surface area contributed by atoms with Crippen molar-refractivity contribution in [2.45, 2.75) is 19.3 Å². The topological polar surface area (TPSA) is 35.2 Å². The largest absolute Gasteiger partial charge is 0.380 e. The lowest BCUT2D eigenvalue weighted by Gasteiger charge is -2.44. The van der Waals surface area contributed by atoms with Gasteiger partial charge in [0.05, 0.1) is 18.6 Å². The second-order valence-corrected chi connectivity index (χ2v) is 4.22. The zero-order valence-electron chi connectivity index (χ0n) is 7.07. The standard InChI is InChI=1S/C8H13F2NO/c1-6(4-12-5-6)7(3-11)2-8(7,9)10/h2-5,11H2,1H3. The molecule has 0 aromatic carbocycles. The minimum atomic E-state index is -2.56. The van der Waals surface area contributed by atoms with Crippen molar-refractivity contribution in [1.29, 1.82) is 0 Å². The number of nitrogens with two attached hydrogens (primary N) is 1. The molecule has 0 aromatic rings. The first-order chi connectivity index (χ1) is 5.47. The maximum absolute atomic E-state index is 13.0. The Hall–Kier alpha value is -0.220. The fourth-order valence-corrected chi connectivity index (χ4v) is 2.14. The van der Waals surface area contributed by atoms with Crippen molar-refractivity contribution in [3.63, 3.8) is 0 Å². The summed E-state index contributed by atoms with van der Waals surface area (Å²) in [6, 6.07) is 0. The van der Waals surface area contributed by atoms with Crippen molar-refractivity contribution in [2.24, 2.45) is 16.6 Å². The van der Waals surface area contributed by atoms with Crippen LogP contribution in [-0.4, -0.2) is 25.7 Å². The lowest BCUT2D eigenvalue weighted by molar-refractivity contribution is -0.164. The molecule has 1 heterocycles. The van der Waals surface area contributed by atoms with E-state index in [0.717, 1.165) is 0 Å². The lowest BCUT2D eigenvalue weighted by Crippen LogP contribution is -2.52. The molecule has 0 spiro atoms. The number of hydrogen-bond acceptors (Lipinski definition) is 2. The van der Waals surface area contributed by atoms with E-state index in [0.29, 0.717) is 13.2 Å². The van der Waals surface area contributed by atoms with E-state index in [9.17, 15) is 8.78 Å². The van der Waals surface area contributed by atoms with Gasteiger partial charge in [-0.15, -0.1) is 0 Å². The second-order valence-electron chi connectivity index (χ2n) is 4.22. The summed E-state index contributed by atoms with van der Waals surface area (Å²) in [6.07, 6.45) is -0.0592. The molecule has 0 amide bonds. The minimum Gasteiger partial charge on any atom is -0.380 e. The molecule has 1 aliphatic heterocycles. The van der Waals surface area contributed by atoms with Crippen LogP contribution in [0, 0.1) is 10.8 Å². The molecule has 2 rings (SSSR count). The van der Waals surface area contributed by atoms with Gasteiger partial charge in [0.2, 0.25) is 0 Å². The van der Waals surface area contributed by atoms with Gasteiger partial charge in [-0.05, 0) is 0 Å². The molecule has 1 saturated heterocycles. The molecular weight excluding hydrogens is 164 g/mol. The third-order valence-corrected chi connectivity index (χ3v) is 3.44. The van der Waals surface area contributed by atoms with E-state index in [1.807, 2.05) is 6.92 Å². The van der Waals surface area contributed by atoms with Gasteiger partial charge in [-0.2, -0.15) is 0 Å². The van der Waals surface area contributed by atoms with Crippen molar-refractivity contribution in [3.05, 3.63) is 0 Å². The van der Waals surface area contributed by atoms with Crippen LogP contribution in [0.3, 0.4) is 0 Å². The van der Waals surface area contributed by atoms with Crippen molar-refractivity contribution < 1.29 is 13.5 Å². The lowest BCUT2D eigenvalue weighted by atomic mass is 9.72. The highest BCUT2D eigenvalue weighted by Gasteiger charge is 2.78. The predicted molar refractivity (Wildman–Crippen MR) is 40.0 cm³/mol. The Morgan fingerprint density at radius 1 is 1.42 bits per heavy atom. The first-order valence-electron chi connectivity index (χ1n) is 4.13. The predicted octanol–water partition coefficient (Wildman–Crippen LogP) is 1.01. The van der Waals surface area contributed by atoms with Crippen molar-refractivity contribution >= 4 is 0 Å². The zero-order valence-corrected chi connectivity index (χ0v) is 7.07. The van der Waals surface area contributed by atoms with E-state index in [2.05, 4.69) is 0 Å². The summed E-state index contributed by atoms with van der Waals surface area (Å²) in [5.74, 6) is -2.56. The van der Waals surface area contributed by atoms with Crippen LogP contribution in [0.5, 0.6) is 0 Å². The molecule has 12 heavy (non-hydrogen) atoms. The van der Waals surface area contributed by atoms with E-state index < -0.39 is 11.3 Å². The quantitative estimate of drug-likeness (QED) is 0.683. The Bertz CT molecular complexity index is 215. The summed E-state index contributed by atoms with van der Waals surface area (Å²) in [5.41, 5.74) is 4.06. The molecule has 2 fully saturated rings. The summed E-state index contributed by atoms with van der Waals surface area (Å²) in [6.45, 7) is 2.77. The fraction of sp³-hybridized carbons (Fsp3) is 1.00. The molecule has 0 aromatic heterocycles. The minimum absolute atomic E-state index is 0.0592. The molecule has 4 heteroatoms. The van der Waals surface area contributed by atoms with E-state index in [1.54, 1.807) is 0 Å². The Balaban J connectivity index is 2.21. The SMILES string of the molecule is CC1(C2(CN)CC2(F)F)COC1. The first kappa shape index (κ1) is 8.38. The second kappa shape index (κ2) is 1.99. The summed E-state index contributed by atoms with van der Waals surface area (Å²) >= 11 is 0. The molecule has 2 nitrogen and oxygen atoms in total. The number of alkyl halides is 2. The molecule has 1 saturated carbocycles. The molecule has 0 bridgehead atoms. The maximum atomic E-state index is 13.0. The third-order valence-electron chi connectivity index (χ3n) is 3.44. The maximum Gasteiger partial charge on any atom is 0.256 e. The molecule has 1 aliphatic carbocycles. The van der Waals surface area contributed by atoms with Crippen LogP contribution in [0.1, 0.15) is 13.3 Å². The Morgan fingerprint density at radius 3 is 2.00 bits per heavy atom. The highest BCUT2D eigenvalue weighted by Crippen LogP contribution is 2.70. The van der Waals surface area contributed by atoms with Gasteiger partial charge in [0.25, 0.3) is 5.92 Å². The summed E-state index contributed by atoms with van der Waals surface area (Å²) < 4.78 is 31.0. The van der Waals surface area contributed by atoms with Crippen LogP contribution in [0.4, 0.5) is 8.78 Å².